The van der Waals surface area contributed by atoms with E-state index >= 15 is 0 Å². The Hall–Kier alpha value is -1.80. The van der Waals surface area contributed by atoms with Gasteiger partial charge in [0.15, 0.2) is 0 Å². The molecule has 0 radical (unpaired) electrons. The van der Waals surface area contributed by atoms with Gasteiger partial charge < -0.3 is 28.8 Å². The number of carbonyl (C=O) groups excluding carboxylic acids is 1. The van der Waals surface area contributed by atoms with Crippen LogP contribution in [0.4, 0.5) is 0 Å². The van der Waals surface area contributed by atoms with Crippen molar-refractivity contribution in [3.8, 4) is 0 Å². The highest BCUT2D eigenvalue weighted by Crippen LogP contribution is 2.38. The van der Waals surface area contributed by atoms with Gasteiger partial charge >= 0.3 is 0 Å². The first-order chi connectivity index (χ1) is 27.0. The molecule has 8 nitrogen and oxygen atoms in total. The number of likely N-dealkylation sites (N-methyl/N-ethyl adjacent to an activating group) is 1. The molecule has 0 aromatic carbocycles. The maximum Gasteiger partial charge on any atom is 0.268 e. The van der Waals surface area contributed by atoms with Gasteiger partial charge in [-0.25, -0.2) is 0 Å². The highest BCUT2D eigenvalue weighted by Gasteiger charge is 2.24. The molecule has 0 rings (SSSR count). The van der Waals surface area contributed by atoms with Crippen LogP contribution in [0.1, 0.15) is 181 Å². The molecule has 0 aromatic rings. The molecule has 0 fully saturated rings. The fraction of sp³-hybridized carbons (Fsp3) is 0.766. The van der Waals surface area contributed by atoms with Gasteiger partial charge in [-0.05, 0) is 57.8 Å². The van der Waals surface area contributed by atoms with Gasteiger partial charge in [0, 0.05) is 6.42 Å². The van der Waals surface area contributed by atoms with Crippen molar-refractivity contribution in [3.63, 3.8) is 0 Å². The lowest BCUT2D eigenvalue weighted by Crippen LogP contribution is -2.46. The van der Waals surface area contributed by atoms with E-state index in [1.54, 1.807) is 0 Å². The summed E-state index contributed by atoms with van der Waals surface area (Å²) in [7, 11) is 1.29. The average molecular weight is 807 g/mol. The fourth-order valence-corrected chi connectivity index (χ4v) is 6.91. The van der Waals surface area contributed by atoms with Gasteiger partial charge in [-0.2, -0.15) is 0 Å². The molecule has 0 saturated heterocycles. The van der Waals surface area contributed by atoms with Gasteiger partial charge in [0.05, 0.1) is 39.9 Å². The molecular weight excluding hydrogens is 719 g/mol. The molecule has 2 N–H and O–H groups in total. The summed E-state index contributed by atoms with van der Waals surface area (Å²) >= 11 is 0. The van der Waals surface area contributed by atoms with E-state index < -0.39 is 20.0 Å². The van der Waals surface area contributed by atoms with Crippen molar-refractivity contribution in [3.05, 3.63) is 60.8 Å². The summed E-state index contributed by atoms with van der Waals surface area (Å²) in [5, 5.41) is 13.8. The van der Waals surface area contributed by atoms with Crippen LogP contribution in [0.5, 0.6) is 0 Å². The number of aliphatic hydroxyl groups excluding tert-OH is 1. The lowest BCUT2D eigenvalue weighted by atomic mass is 10.0. The van der Waals surface area contributed by atoms with Crippen LogP contribution in [0.15, 0.2) is 60.8 Å². The van der Waals surface area contributed by atoms with E-state index in [2.05, 4.69) is 79.9 Å². The maximum absolute atomic E-state index is 12.8. The number of carbonyl (C=O) groups is 1. The molecule has 0 spiro atoms. The van der Waals surface area contributed by atoms with E-state index in [-0.39, 0.29) is 19.1 Å². The summed E-state index contributed by atoms with van der Waals surface area (Å²) < 4.78 is 23.2. The summed E-state index contributed by atoms with van der Waals surface area (Å²) in [6, 6.07) is -0.804. The number of aliphatic hydroxyl groups is 1. The van der Waals surface area contributed by atoms with E-state index in [1.807, 2.05) is 21.1 Å². The lowest BCUT2D eigenvalue weighted by molar-refractivity contribution is -0.870. The highest BCUT2D eigenvalue weighted by atomic mass is 31.2. The monoisotopic (exact) mass is 807 g/mol. The Labute approximate surface area is 345 Å². The smallest absolute Gasteiger partial charge is 0.268 e. The van der Waals surface area contributed by atoms with Crippen LogP contribution in [0.25, 0.3) is 0 Å². The molecule has 9 heteroatoms. The van der Waals surface area contributed by atoms with Crippen molar-refractivity contribution in [2.24, 2.45) is 0 Å². The molecule has 1 amide bonds. The van der Waals surface area contributed by atoms with Crippen molar-refractivity contribution >= 4 is 13.7 Å². The molecule has 0 aliphatic heterocycles. The SMILES string of the molecule is CC/C=C\C/C=C\C/C=C\C/C=C\C/C=C\CCCCCCCCCCCC(=O)NC(COP(=O)([O-])OCC[N+](C)(C)C)C(O)CCCCCCCCCCC. The van der Waals surface area contributed by atoms with Gasteiger partial charge in [-0.1, -0.05) is 177 Å². The van der Waals surface area contributed by atoms with Crippen molar-refractivity contribution in [2.75, 3.05) is 40.9 Å². The first kappa shape index (κ1) is 54.2. The Bertz CT molecular complexity index is 1100. The zero-order valence-corrected chi connectivity index (χ0v) is 37.7. The third kappa shape index (κ3) is 40.4. The van der Waals surface area contributed by atoms with E-state index in [0.717, 1.165) is 77.0 Å². The minimum absolute atomic E-state index is 0.00804. The lowest BCUT2D eigenvalue weighted by Gasteiger charge is -2.30. The molecule has 326 valence electrons. The molecule has 0 heterocycles. The number of phosphoric acid groups is 1. The van der Waals surface area contributed by atoms with E-state index in [4.69, 9.17) is 9.05 Å². The van der Waals surface area contributed by atoms with Crippen LogP contribution in [0.2, 0.25) is 0 Å². The van der Waals surface area contributed by atoms with Crippen LogP contribution in [-0.4, -0.2) is 68.5 Å². The quantitative estimate of drug-likeness (QED) is 0.0276. The number of amides is 1. The van der Waals surface area contributed by atoms with Crippen LogP contribution in [0, 0.1) is 0 Å². The van der Waals surface area contributed by atoms with Gasteiger partial charge in [0.2, 0.25) is 5.91 Å². The summed E-state index contributed by atoms with van der Waals surface area (Å²) in [4.78, 5) is 25.3. The molecule has 0 bridgehead atoms. The number of phosphoric ester groups is 1. The number of hydrogen-bond donors (Lipinski definition) is 2. The van der Waals surface area contributed by atoms with Crippen molar-refractivity contribution in [1.82, 2.24) is 5.32 Å². The number of nitrogens with zero attached hydrogens (tertiary/aromatic N) is 1. The number of allylic oxidation sites excluding steroid dienone is 10. The number of unbranched alkanes of at least 4 members (excludes halogenated alkanes) is 17. The summed E-state index contributed by atoms with van der Waals surface area (Å²) in [6.07, 6.45) is 49.5. The van der Waals surface area contributed by atoms with E-state index in [0.29, 0.717) is 23.9 Å². The predicted molar refractivity (Wildman–Crippen MR) is 237 cm³/mol. The minimum atomic E-state index is -4.56. The van der Waals surface area contributed by atoms with Crippen LogP contribution in [0.3, 0.4) is 0 Å². The topological polar surface area (TPSA) is 108 Å². The number of hydrogen-bond acceptors (Lipinski definition) is 6. The van der Waals surface area contributed by atoms with Crippen LogP contribution >= 0.6 is 7.82 Å². The van der Waals surface area contributed by atoms with Gasteiger partial charge in [0.1, 0.15) is 13.2 Å². The summed E-state index contributed by atoms with van der Waals surface area (Å²) in [6.45, 7) is 4.56. The second kappa shape index (κ2) is 38.7. The molecule has 56 heavy (non-hydrogen) atoms. The Morgan fingerprint density at radius 2 is 1.09 bits per heavy atom. The molecule has 0 aliphatic rings. The third-order valence-corrected chi connectivity index (χ3v) is 10.7. The zero-order chi connectivity index (χ0) is 41.4. The Kier molecular flexibility index (Phi) is 37.5. The average Bonchev–Trinajstić information content (AvgIpc) is 3.15. The van der Waals surface area contributed by atoms with Gasteiger partial charge in [0.25, 0.3) is 7.82 Å². The van der Waals surface area contributed by atoms with Crippen LogP contribution in [-0.2, 0) is 18.4 Å². The second-order valence-corrected chi connectivity index (χ2v) is 17.8. The Morgan fingerprint density at radius 1 is 0.643 bits per heavy atom. The largest absolute Gasteiger partial charge is 0.756 e. The molecule has 0 aromatic heterocycles. The highest BCUT2D eigenvalue weighted by molar-refractivity contribution is 7.45. The number of quaternary nitrogens is 1. The predicted octanol–water partition coefficient (Wildman–Crippen LogP) is 12.0. The number of nitrogens with one attached hydrogen (secondary N) is 1. The second-order valence-electron chi connectivity index (χ2n) is 16.4. The standard InChI is InChI=1S/C47H87N2O6P/c1-6-8-10-12-14-16-17-18-19-20-21-22-23-24-25-26-27-28-29-30-31-33-35-37-39-41-47(51)48-45(44-55-56(52,53)54-43-42-49(3,4)5)46(50)40-38-36-34-32-15-13-11-9-7-2/h8,10,14,16,18-19,21-22,24-25,45-46,50H,6-7,9,11-13,15,17,20,23,26-44H2,1-5H3,(H-,48,51,52,53)/b10-8-,16-14-,19-18-,22-21-,25-24-. The summed E-state index contributed by atoms with van der Waals surface area (Å²) in [5.74, 6) is -0.177. The summed E-state index contributed by atoms with van der Waals surface area (Å²) in [5.41, 5.74) is 0. The third-order valence-electron chi connectivity index (χ3n) is 9.77. The van der Waals surface area contributed by atoms with Crippen molar-refractivity contribution < 1.29 is 32.9 Å². The Morgan fingerprint density at radius 3 is 1.59 bits per heavy atom. The molecular formula is C47H87N2O6P. The number of rotatable bonds is 40. The minimum Gasteiger partial charge on any atom is -0.756 e. The molecule has 0 aliphatic carbocycles. The normalized spacial score (nSPS) is 14.9. The Balaban J connectivity index is 4.20. The fourth-order valence-electron chi connectivity index (χ4n) is 6.18. The van der Waals surface area contributed by atoms with Gasteiger partial charge in [-0.3, -0.25) is 9.36 Å². The van der Waals surface area contributed by atoms with Crippen LogP contribution < -0.4 is 10.2 Å². The van der Waals surface area contributed by atoms with Crippen molar-refractivity contribution in [1.29, 1.82) is 0 Å². The maximum atomic E-state index is 12.8. The molecule has 3 atom stereocenters. The first-order valence-corrected chi connectivity index (χ1v) is 24.1. The molecule has 0 saturated carbocycles. The molecule has 3 unspecified atom stereocenters. The first-order valence-electron chi connectivity index (χ1n) is 22.6. The van der Waals surface area contributed by atoms with E-state index in [9.17, 15) is 19.4 Å². The van der Waals surface area contributed by atoms with E-state index in [1.165, 1.54) is 77.0 Å². The van der Waals surface area contributed by atoms with Gasteiger partial charge in [-0.15, -0.1) is 0 Å². The zero-order valence-electron chi connectivity index (χ0n) is 36.8. The van der Waals surface area contributed by atoms with Crippen molar-refractivity contribution in [2.45, 2.75) is 193 Å².